The van der Waals surface area contributed by atoms with Crippen molar-refractivity contribution in [3.8, 4) is 0 Å². The number of carbonyl (C=O) groups is 2. The van der Waals surface area contributed by atoms with Gasteiger partial charge in [-0.2, -0.15) is 4.57 Å². The van der Waals surface area contributed by atoms with Crippen LogP contribution in [0.3, 0.4) is 0 Å². The average molecular weight is 345 g/mol. The zero-order chi connectivity index (χ0) is 17.0. The maximum atomic E-state index is 12.0. The van der Waals surface area contributed by atoms with E-state index in [0.29, 0.717) is 12.3 Å². The lowest BCUT2D eigenvalue weighted by molar-refractivity contribution is -0.694. The van der Waals surface area contributed by atoms with Crippen LogP contribution in [0.2, 0.25) is 0 Å². The van der Waals surface area contributed by atoms with Crippen molar-refractivity contribution in [1.82, 2.24) is 9.30 Å². The molecule has 0 radical (unpaired) electrons. The molecule has 2 aliphatic heterocycles. The van der Waals surface area contributed by atoms with Crippen LogP contribution >= 0.6 is 11.8 Å². The molecule has 2 atom stereocenters. The molecule has 7 nitrogen and oxygen atoms in total. The van der Waals surface area contributed by atoms with Crippen molar-refractivity contribution >= 4 is 29.2 Å². The van der Waals surface area contributed by atoms with Gasteiger partial charge in [-0.15, -0.1) is 11.8 Å². The molecule has 2 aromatic rings. The molecule has 0 aliphatic carbocycles. The first-order valence-corrected chi connectivity index (χ1v) is 8.65. The molecule has 1 unspecified atom stereocenters. The summed E-state index contributed by atoms with van der Waals surface area (Å²) in [5.74, 6) is -0.828. The molecule has 1 amide bonds. The summed E-state index contributed by atoms with van der Waals surface area (Å²) in [6.45, 7) is 2.44. The highest BCUT2D eigenvalue weighted by atomic mass is 32.2. The van der Waals surface area contributed by atoms with Gasteiger partial charge in [0.2, 0.25) is 11.6 Å². The van der Waals surface area contributed by atoms with Gasteiger partial charge < -0.3 is 15.2 Å². The number of carboxylic acid groups (broad SMARTS) is 1. The number of rotatable bonds is 3. The minimum atomic E-state index is -1.07. The van der Waals surface area contributed by atoms with Crippen molar-refractivity contribution in [2.75, 3.05) is 5.75 Å². The molecule has 2 aromatic heterocycles. The van der Waals surface area contributed by atoms with E-state index in [-0.39, 0.29) is 17.0 Å². The highest BCUT2D eigenvalue weighted by Crippen LogP contribution is 2.39. The summed E-state index contributed by atoms with van der Waals surface area (Å²) in [7, 11) is 0. The molecule has 0 bridgehead atoms. The van der Waals surface area contributed by atoms with Crippen LogP contribution in [-0.2, 0) is 16.1 Å². The Morgan fingerprint density at radius 2 is 2.29 bits per heavy atom. The van der Waals surface area contributed by atoms with Crippen LogP contribution in [0.5, 0.6) is 0 Å². The maximum Gasteiger partial charge on any atom is 0.352 e. The van der Waals surface area contributed by atoms with Gasteiger partial charge in [-0.1, -0.05) is 0 Å². The van der Waals surface area contributed by atoms with Crippen LogP contribution in [0, 0.1) is 6.92 Å². The Bertz CT molecular complexity index is 904. The van der Waals surface area contributed by atoms with Crippen molar-refractivity contribution in [1.29, 1.82) is 0 Å². The van der Waals surface area contributed by atoms with Gasteiger partial charge in [0.15, 0.2) is 12.7 Å². The van der Waals surface area contributed by atoms with Gasteiger partial charge in [0, 0.05) is 24.4 Å². The van der Waals surface area contributed by atoms with Gasteiger partial charge >= 0.3 is 5.97 Å². The van der Waals surface area contributed by atoms with Crippen LogP contribution in [-0.4, -0.2) is 43.5 Å². The van der Waals surface area contributed by atoms with Crippen LogP contribution in [0.25, 0.3) is 5.52 Å². The largest absolute Gasteiger partial charge is 0.477 e. The normalized spacial score (nSPS) is 23.4. The summed E-state index contributed by atoms with van der Waals surface area (Å²) in [5, 5.41) is 9.35. The number of aryl methyl sites for hydroxylation is 1. The Balaban J connectivity index is 1.74. The lowest BCUT2D eigenvalue weighted by Crippen LogP contribution is -2.68. The van der Waals surface area contributed by atoms with Crippen LogP contribution < -0.4 is 10.3 Å². The highest BCUT2D eigenvalue weighted by Gasteiger charge is 2.52. The monoisotopic (exact) mass is 345 g/mol. The summed E-state index contributed by atoms with van der Waals surface area (Å²) in [6, 6.07) is 3.38. The predicted molar refractivity (Wildman–Crippen MR) is 88.1 cm³/mol. The van der Waals surface area contributed by atoms with E-state index in [2.05, 4.69) is 0 Å². The van der Waals surface area contributed by atoms with E-state index in [9.17, 15) is 14.7 Å². The van der Waals surface area contributed by atoms with Gasteiger partial charge in [-0.3, -0.25) is 9.69 Å². The summed E-state index contributed by atoms with van der Waals surface area (Å²) < 4.78 is 4.03. The van der Waals surface area contributed by atoms with Crippen molar-refractivity contribution in [3.05, 3.63) is 47.7 Å². The van der Waals surface area contributed by atoms with Crippen LogP contribution in [0.15, 0.2) is 42.0 Å². The smallest absolute Gasteiger partial charge is 0.352 e. The minimum absolute atomic E-state index is 0.0904. The summed E-state index contributed by atoms with van der Waals surface area (Å²) in [6.07, 6.45) is 5.83. The van der Waals surface area contributed by atoms with E-state index in [1.165, 1.54) is 16.7 Å². The van der Waals surface area contributed by atoms with E-state index in [1.54, 1.807) is 0 Å². The molecular formula is C16H17N4O3S+. The Hall–Kier alpha value is -2.32. The fourth-order valence-electron chi connectivity index (χ4n) is 3.32. The van der Waals surface area contributed by atoms with Crippen molar-refractivity contribution in [2.24, 2.45) is 5.73 Å². The number of aromatic nitrogens is 2. The molecular weight excluding hydrogens is 328 g/mol. The molecule has 4 heterocycles. The van der Waals surface area contributed by atoms with Gasteiger partial charge in [0.25, 0.3) is 0 Å². The Morgan fingerprint density at radius 1 is 1.50 bits per heavy atom. The van der Waals surface area contributed by atoms with Crippen molar-refractivity contribution in [3.63, 3.8) is 0 Å². The molecule has 0 aromatic carbocycles. The first-order valence-electron chi connectivity index (χ1n) is 7.60. The van der Waals surface area contributed by atoms with Gasteiger partial charge in [0.1, 0.15) is 22.6 Å². The quantitative estimate of drug-likeness (QED) is 0.609. The standard InChI is InChI=1S/C16H16N4O3S/c1-9-11-3-2-4-18(11)5-6-19(9)7-10-8-24-15-12(17)14(21)20(15)13(10)16(22)23/h2-6,12,15H,7-8,17H2,1H3/p+1/t12?,15-/m0/s1. The van der Waals surface area contributed by atoms with E-state index in [1.807, 2.05) is 46.6 Å². The fraction of sp³-hybridized carbons (Fsp3) is 0.312. The van der Waals surface area contributed by atoms with Crippen molar-refractivity contribution in [2.45, 2.75) is 24.9 Å². The molecule has 1 fully saturated rings. The third-order valence-corrected chi connectivity index (χ3v) is 6.00. The third kappa shape index (κ3) is 2.06. The molecule has 24 heavy (non-hydrogen) atoms. The maximum absolute atomic E-state index is 12.0. The molecule has 1 saturated heterocycles. The first-order chi connectivity index (χ1) is 11.5. The highest BCUT2D eigenvalue weighted by molar-refractivity contribution is 8.00. The second-order valence-corrected chi connectivity index (χ2v) is 7.11. The second kappa shape index (κ2) is 5.35. The van der Waals surface area contributed by atoms with Gasteiger partial charge in [-0.05, 0) is 12.1 Å². The SMILES string of the molecule is Cc1c2cccn2cc[n+]1CC1=C(C(=O)O)N2C(=O)C(N)[C@@H]2SC1. The Labute approximate surface area is 142 Å². The number of nitrogens with zero attached hydrogens (tertiary/aromatic N) is 3. The van der Waals surface area contributed by atoms with Crippen LogP contribution in [0.4, 0.5) is 0 Å². The number of hydrogen-bond acceptors (Lipinski definition) is 4. The van der Waals surface area contributed by atoms with E-state index >= 15 is 0 Å². The molecule has 0 saturated carbocycles. The Morgan fingerprint density at radius 3 is 3.04 bits per heavy atom. The number of thioether (sulfide) groups is 1. The van der Waals surface area contributed by atoms with E-state index < -0.39 is 12.0 Å². The molecule has 2 aliphatic rings. The molecule has 8 heteroatoms. The number of aliphatic carboxylic acids is 1. The van der Waals surface area contributed by atoms with Crippen molar-refractivity contribution < 1.29 is 19.3 Å². The lowest BCUT2D eigenvalue weighted by atomic mass is 10.0. The minimum Gasteiger partial charge on any atom is -0.477 e. The lowest BCUT2D eigenvalue weighted by Gasteiger charge is -2.47. The van der Waals surface area contributed by atoms with Gasteiger partial charge in [0.05, 0.1) is 6.20 Å². The van der Waals surface area contributed by atoms with Crippen LogP contribution in [0.1, 0.15) is 5.69 Å². The first kappa shape index (κ1) is 15.2. The predicted octanol–water partition coefficient (Wildman–Crippen LogP) is 0.116. The summed E-state index contributed by atoms with van der Waals surface area (Å²) in [4.78, 5) is 25.1. The average Bonchev–Trinajstić information content (AvgIpc) is 3.05. The fourth-order valence-corrected chi connectivity index (χ4v) is 4.60. The zero-order valence-corrected chi connectivity index (χ0v) is 13.9. The van der Waals surface area contributed by atoms with Gasteiger partial charge in [-0.25, -0.2) is 4.79 Å². The van der Waals surface area contributed by atoms with E-state index in [0.717, 1.165) is 16.8 Å². The molecule has 3 N–H and O–H groups in total. The topological polar surface area (TPSA) is 91.9 Å². The third-order valence-electron chi connectivity index (χ3n) is 4.64. The molecule has 4 rings (SSSR count). The molecule has 0 spiro atoms. The number of amides is 1. The summed E-state index contributed by atoms with van der Waals surface area (Å²) in [5.41, 5.74) is 8.70. The number of nitrogens with two attached hydrogens (primary N) is 1. The second-order valence-electron chi connectivity index (χ2n) is 6.01. The molecule has 124 valence electrons. The Kier molecular flexibility index (Phi) is 3.40. The number of hydrogen-bond donors (Lipinski definition) is 2. The number of β-lactam (4-membered cyclic amide) rings is 1. The number of fused-ring (bicyclic) bond motifs is 2. The number of carbonyl (C=O) groups excluding carboxylic acids is 1. The zero-order valence-electron chi connectivity index (χ0n) is 13.0. The summed E-state index contributed by atoms with van der Waals surface area (Å²) >= 11 is 1.52. The number of carboxylic acids is 1. The van der Waals surface area contributed by atoms with E-state index in [4.69, 9.17) is 5.73 Å².